The van der Waals surface area contributed by atoms with Crippen LogP contribution < -0.4 is 5.32 Å². The lowest BCUT2D eigenvalue weighted by molar-refractivity contribution is 0.469. The Hall–Kier alpha value is -2.61. The van der Waals surface area contributed by atoms with Gasteiger partial charge in [-0.3, -0.25) is 0 Å². The number of hydrogen-bond donors (Lipinski definition) is 2. The Morgan fingerprint density at radius 2 is 2.12 bits per heavy atom. The number of hydrogen-bond acceptors (Lipinski definition) is 5. The maximum atomic E-state index is 9.56. The van der Waals surface area contributed by atoms with Crippen molar-refractivity contribution in [3.63, 3.8) is 0 Å². The zero-order chi connectivity index (χ0) is 12.1. The number of rotatable bonds is 3. The molecule has 2 rings (SSSR count). The van der Waals surface area contributed by atoms with Crippen LogP contribution in [0.4, 0.5) is 5.95 Å². The lowest BCUT2D eigenvalue weighted by Gasteiger charge is -2.06. The van der Waals surface area contributed by atoms with Crippen molar-refractivity contribution in [1.82, 2.24) is 9.97 Å². The van der Waals surface area contributed by atoms with Crippen molar-refractivity contribution < 1.29 is 5.11 Å². The minimum absolute atomic E-state index is 0.219. The average Bonchev–Trinajstić information content (AvgIpc) is 2.38. The van der Waals surface area contributed by atoms with E-state index in [0.717, 1.165) is 5.56 Å². The molecular formula is C12H10N4O. The predicted octanol–water partition coefficient (Wildman–Crippen LogP) is 1.67. The molecule has 1 aromatic carbocycles. The normalized spacial score (nSPS) is 9.59. The Labute approximate surface area is 98.4 Å². The molecule has 2 aromatic rings. The fourth-order valence-electron chi connectivity index (χ4n) is 1.34. The van der Waals surface area contributed by atoms with E-state index in [9.17, 15) is 5.11 Å². The highest BCUT2D eigenvalue weighted by Gasteiger charge is 2.01. The second-order valence-corrected chi connectivity index (χ2v) is 3.36. The minimum atomic E-state index is 0.219. The monoisotopic (exact) mass is 226 g/mol. The average molecular weight is 226 g/mol. The zero-order valence-electron chi connectivity index (χ0n) is 8.96. The Bertz CT molecular complexity index is 562. The molecule has 0 fully saturated rings. The molecule has 0 aliphatic rings. The third-order valence-corrected chi connectivity index (χ3v) is 2.20. The Morgan fingerprint density at radius 1 is 1.29 bits per heavy atom. The molecule has 5 nitrogen and oxygen atoms in total. The van der Waals surface area contributed by atoms with E-state index in [1.54, 1.807) is 18.2 Å². The first-order chi connectivity index (χ1) is 8.29. The molecular weight excluding hydrogens is 216 g/mol. The van der Waals surface area contributed by atoms with Gasteiger partial charge in [0.15, 0.2) is 0 Å². The number of para-hydroxylation sites is 1. The lowest BCUT2D eigenvalue weighted by Crippen LogP contribution is -2.04. The van der Waals surface area contributed by atoms with Crippen molar-refractivity contribution >= 4 is 5.95 Å². The predicted molar refractivity (Wildman–Crippen MR) is 62.2 cm³/mol. The fraction of sp³-hybridized carbons (Fsp3) is 0.0833. The largest absolute Gasteiger partial charge is 0.508 e. The standard InChI is InChI=1S/C12H10N4O/c13-7-10-5-6-14-12(16-10)15-8-9-3-1-2-4-11(9)17/h1-6,17H,8H2,(H,14,15,16). The van der Waals surface area contributed by atoms with Crippen molar-refractivity contribution in [3.05, 3.63) is 47.8 Å². The van der Waals surface area contributed by atoms with Crippen LogP contribution in [0.1, 0.15) is 11.3 Å². The van der Waals surface area contributed by atoms with Crippen LogP contribution in [-0.2, 0) is 6.54 Å². The van der Waals surface area contributed by atoms with Crippen LogP contribution in [0.2, 0.25) is 0 Å². The molecule has 17 heavy (non-hydrogen) atoms. The summed E-state index contributed by atoms with van der Waals surface area (Å²) in [4.78, 5) is 7.95. The van der Waals surface area contributed by atoms with Crippen LogP contribution in [-0.4, -0.2) is 15.1 Å². The topological polar surface area (TPSA) is 81.8 Å². The van der Waals surface area contributed by atoms with Gasteiger partial charge in [0.05, 0.1) is 0 Å². The number of nitrogens with one attached hydrogen (secondary N) is 1. The van der Waals surface area contributed by atoms with Gasteiger partial charge in [0.25, 0.3) is 0 Å². The SMILES string of the molecule is N#Cc1ccnc(NCc2ccccc2O)n1. The van der Waals surface area contributed by atoms with Crippen LogP contribution in [0.3, 0.4) is 0 Å². The van der Waals surface area contributed by atoms with Crippen LogP contribution in [0, 0.1) is 11.3 Å². The molecule has 0 saturated carbocycles. The summed E-state index contributed by atoms with van der Waals surface area (Å²) in [7, 11) is 0. The Kier molecular flexibility index (Phi) is 3.17. The molecule has 1 aromatic heterocycles. The van der Waals surface area contributed by atoms with E-state index in [1.165, 1.54) is 12.3 Å². The smallest absolute Gasteiger partial charge is 0.224 e. The summed E-state index contributed by atoms with van der Waals surface area (Å²) in [6, 6.07) is 10.5. The highest BCUT2D eigenvalue weighted by molar-refractivity contribution is 5.36. The molecule has 0 unspecified atom stereocenters. The Balaban J connectivity index is 2.08. The first kappa shape index (κ1) is 10.9. The van der Waals surface area contributed by atoms with Crippen LogP contribution >= 0.6 is 0 Å². The van der Waals surface area contributed by atoms with Gasteiger partial charge in [-0.2, -0.15) is 5.26 Å². The number of anilines is 1. The van der Waals surface area contributed by atoms with Crippen LogP contribution in [0.5, 0.6) is 5.75 Å². The van der Waals surface area contributed by atoms with Gasteiger partial charge in [0.2, 0.25) is 5.95 Å². The molecule has 0 radical (unpaired) electrons. The number of aromatic nitrogens is 2. The van der Waals surface area contributed by atoms with Crippen molar-refractivity contribution in [2.45, 2.75) is 6.54 Å². The van der Waals surface area contributed by atoms with Gasteiger partial charge in [-0.05, 0) is 12.1 Å². The first-order valence-electron chi connectivity index (χ1n) is 5.03. The second-order valence-electron chi connectivity index (χ2n) is 3.36. The van der Waals surface area contributed by atoms with Gasteiger partial charge < -0.3 is 10.4 Å². The molecule has 1 heterocycles. The summed E-state index contributed by atoms with van der Waals surface area (Å²) in [5, 5.41) is 21.2. The molecule has 0 aliphatic heterocycles. The maximum Gasteiger partial charge on any atom is 0.224 e. The van der Waals surface area contributed by atoms with E-state index >= 15 is 0 Å². The van der Waals surface area contributed by atoms with Gasteiger partial charge in [-0.1, -0.05) is 18.2 Å². The summed E-state index contributed by atoms with van der Waals surface area (Å²) < 4.78 is 0. The van der Waals surface area contributed by atoms with Gasteiger partial charge in [-0.25, -0.2) is 9.97 Å². The summed E-state index contributed by atoms with van der Waals surface area (Å²) in [5.74, 6) is 0.587. The van der Waals surface area contributed by atoms with Gasteiger partial charge >= 0.3 is 0 Å². The van der Waals surface area contributed by atoms with E-state index in [1.807, 2.05) is 12.1 Å². The number of nitrogens with zero attached hydrogens (tertiary/aromatic N) is 3. The maximum absolute atomic E-state index is 9.56. The summed E-state index contributed by atoms with van der Waals surface area (Å²) in [6.45, 7) is 0.404. The highest BCUT2D eigenvalue weighted by atomic mass is 16.3. The highest BCUT2D eigenvalue weighted by Crippen LogP contribution is 2.16. The molecule has 5 heteroatoms. The lowest BCUT2D eigenvalue weighted by atomic mass is 10.2. The molecule has 0 saturated heterocycles. The summed E-state index contributed by atoms with van der Waals surface area (Å²) >= 11 is 0. The van der Waals surface area contributed by atoms with E-state index < -0.39 is 0 Å². The van der Waals surface area contributed by atoms with E-state index in [-0.39, 0.29) is 5.75 Å². The van der Waals surface area contributed by atoms with Crippen LogP contribution in [0.25, 0.3) is 0 Å². The van der Waals surface area contributed by atoms with Gasteiger partial charge in [-0.15, -0.1) is 0 Å². The number of aromatic hydroxyl groups is 1. The molecule has 0 spiro atoms. The summed E-state index contributed by atoms with van der Waals surface area (Å²) in [6.07, 6.45) is 1.51. The third kappa shape index (κ3) is 2.69. The fourth-order valence-corrected chi connectivity index (χ4v) is 1.34. The van der Waals surface area contributed by atoms with Crippen molar-refractivity contribution in [2.75, 3.05) is 5.32 Å². The quantitative estimate of drug-likeness (QED) is 0.831. The number of nitriles is 1. The molecule has 0 bridgehead atoms. The molecule has 0 amide bonds. The molecule has 84 valence electrons. The third-order valence-electron chi connectivity index (χ3n) is 2.20. The Morgan fingerprint density at radius 3 is 2.88 bits per heavy atom. The van der Waals surface area contributed by atoms with E-state index in [4.69, 9.17) is 5.26 Å². The molecule has 0 atom stereocenters. The van der Waals surface area contributed by atoms with Crippen molar-refractivity contribution in [2.24, 2.45) is 0 Å². The van der Waals surface area contributed by atoms with Crippen LogP contribution in [0.15, 0.2) is 36.5 Å². The van der Waals surface area contributed by atoms with E-state index in [0.29, 0.717) is 18.2 Å². The van der Waals surface area contributed by atoms with Crippen molar-refractivity contribution in [3.8, 4) is 11.8 Å². The van der Waals surface area contributed by atoms with Gasteiger partial charge in [0.1, 0.15) is 17.5 Å². The molecule has 2 N–H and O–H groups in total. The zero-order valence-corrected chi connectivity index (χ0v) is 8.96. The summed E-state index contributed by atoms with van der Waals surface area (Å²) in [5.41, 5.74) is 1.05. The minimum Gasteiger partial charge on any atom is -0.508 e. The second kappa shape index (κ2) is 4.94. The number of phenolic OH excluding ortho intramolecular Hbond substituents is 1. The van der Waals surface area contributed by atoms with Gasteiger partial charge in [0, 0.05) is 18.3 Å². The number of benzene rings is 1. The van der Waals surface area contributed by atoms with E-state index in [2.05, 4.69) is 15.3 Å². The number of phenols is 1. The molecule has 0 aliphatic carbocycles. The first-order valence-corrected chi connectivity index (χ1v) is 5.03. The van der Waals surface area contributed by atoms with Crippen molar-refractivity contribution in [1.29, 1.82) is 5.26 Å².